The van der Waals surface area contributed by atoms with Crippen LogP contribution in [0.25, 0.3) is 0 Å². The Hall–Kier alpha value is -1.04. The fourth-order valence-corrected chi connectivity index (χ4v) is 2.16. The lowest BCUT2D eigenvalue weighted by molar-refractivity contribution is 0.627. The molecular weight excluding hydrogens is 318 g/mol. The maximum atomic E-state index is 12.9. The maximum absolute atomic E-state index is 12.9. The number of halogens is 2. The minimum absolute atomic E-state index is 0.199. The Kier molecular flexibility index (Phi) is 3.48. The molecule has 0 aliphatic carbocycles. The van der Waals surface area contributed by atoms with Gasteiger partial charge in [0.25, 0.3) is 0 Å². The van der Waals surface area contributed by atoms with Gasteiger partial charge >= 0.3 is 0 Å². The SMILES string of the molecule is Cn1ccc(CNc2ccc(F)cc2I)c1. The Morgan fingerprint density at radius 3 is 2.81 bits per heavy atom. The largest absolute Gasteiger partial charge is 0.380 e. The summed E-state index contributed by atoms with van der Waals surface area (Å²) in [4.78, 5) is 0. The van der Waals surface area contributed by atoms with Gasteiger partial charge in [0.05, 0.1) is 0 Å². The lowest BCUT2D eigenvalue weighted by Gasteiger charge is -2.07. The van der Waals surface area contributed by atoms with Gasteiger partial charge in [0.2, 0.25) is 0 Å². The number of hydrogen-bond donors (Lipinski definition) is 1. The predicted molar refractivity (Wildman–Crippen MR) is 71.9 cm³/mol. The van der Waals surface area contributed by atoms with E-state index in [0.29, 0.717) is 0 Å². The second-order valence-corrected chi connectivity index (χ2v) is 4.83. The van der Waals surface area contributed by atoms with Gasteiger partial charge in [0.1, 0.15) is 5.82 Å². The van der Waals surface area contributed by atoms with E-state index in [-0.39, 0.29) is 5.82 Å². The van der Waals surface area contributed by atoms with Crippen LogP contribution in [0, 0.1) is 9.39 Å². The van der Waals surface area contributed by atoms with Crippen LogP contribution in [0.1, 0.15) is 5.56 Å². The number of nitrogens with zero attached hydrogens (tertiary/aromatic N) is 1. The van der Waals surface area contributed by atoms with E-state index < -0.39 is 0 Å². The van der Waals surface area contributed by atoms with Crippen molar-refractivity contribution in [1.29, 1.82) is 0 Å². The van der Waals surface area contributed by atoms with Crippen LogP contribution in [-0.2, 0) is 13.6 Å². The summed E-state index contributed by atoms with van der Waals surface area (Å²) in [7, 11) is 1.99. The summed E-state index contributed by atoms with van der Waals surface area (Å²) in [5.41, 5.74) is 2.17. The van der Waals surface area contributed by atoms with E-state index in [1.807, 2.05) is 17.8 Å². The first-order valence-electron chi connectivity index (χ1n) is 4.95. The average molecular weight is 330 g/mol. The van der Waals surface area contributed by atoms with Crippen molar-refractivity contribution in [3.63, 3.8) is 0 Å². The van der Waals surface area contributed by atoms with Gasteiger partial charge in [-0.25, -0.2) is 4.39 Å². The van der Waals surface area contributed by atoms with Crippen molar-refractivity contribution >= 4 is 28.3 Å². The molecule has 0 spiro atoms. The summed E-state index contributed by atoms with van der Waals surface area (Å²) in [6, 6.07) is 6.81. The van der Waals surface area contributed by atoms with E-state index in [1.54, 1.807) is 6.07 Å². The summed E-state index contributed by atoms with van der Waals surface area (Å²) in [5, 5.41) is 3.28. The predicted octanol–water partition coefficient (Wildman–Crippen LogP) is 3.38. The molecule has 0 unspecified atom stereocenters. The van der Waals surface area contributed by atoms with Gasteiger partial charge in [-0.2, -0.15) is 0 Å². The number of nitrogens with one attached hydrogen (secondary N) is 1. The molecule has 2 rings (SSSR count). The molecule has 0 saturated carbocycles. The quantitative estimate of drug-likeness (QED) is 0.854. The van der Waals surface area contributed by atoms with Crippen LogP contribution in [0.2, 0.25) is 0 Å². The molecule has 1 aromatic heterocycles. The maximum Gasteiger partial charge on any atom is 0.124 e. The van der Waals surface area contributed by atoms with Gasteiger partial charge in [0.15, 0.2) is 0 Å². The third kappa shape index (κ3) is 2.75. The van der Waals surface area contributed by atoms with E-state index in [0.717, 1.165) is 15.8 Å². The van der Waals surface area contributed by atoms with Gasteiger partial charge in [-0.3, -0.25) is 0 Å². The van der Waals surface area contributed by atoms with E-state index >= 15 is 0 Å². The first kappa shape index (κ1) is 11.4. The third-order valence-corrected chi connectivity index (χ3v) is 3.20. The van der Waals surface area contributed by atoms with Gasteiger partial charge < -0.3 is 9.88 Å². The van der Waals surface area contributed by atoms with Gasteiger partial charge in [-0.05, 0) is 52.4 Å². The topological polar surface area (TPSA) is 17.0 Å². The van der Waals surface area contributed by atoms with Crippen molar-refractivity contribution in [2.24, 2.45) is 7.05 Å². The van der Waals surface area contributed by atoms with Crippen LogP contribution in [0.15, 0.2) is 36.7 Å². The first-order chi connectivity index (χ1) is 7.65. The van der Waals surface area contributed by atoms with Crippen LogP contribution in [-0.4, -0.2) is 4.57 Å². The van der Waals surface area contributed by atoms with Crippen LogP contribution in [0.4, 0.5) is 10.1 Å². The summed E-state index contributed by atoms with van der Waals surface area (Å²) in [6.07, 6.45) is 4.07. The summed E-state index contributed by atoms with van der Waals surface area (Å²) in [5.74, 6) is -0.199. The molecule has 2 nitrogen and oxygen atoms in total. The van der Waals surface area contributed by atoms with Gasteiger partial charge in [-0.15, -0.1) is 0 Å². The highest BCUT2D eigenvalue weighted by molar-refractivity contribution is 14.1. The van der Waals surface area contributed by atoms with Crippen LogP contribution < -0.4 is 5.32 Å². The molecule has 84 valence electrons. The highest BCUT2D eigenvalue weighted by Crippen LogP contribution is 2.19. The monoisotopic (exact) mass is 330 g/mol. The molecule has 0 radical (unpaired) electrons. The average Bonchev–Trinajstić information content (AvgIpc) is 2.63. The lowest BCUT2D eigenvalue weighted by atomic mass is 10.3. The Labute approximate surface area is 108 Å². The standard InChI is InChI=1S/C12H12FIN2/c1-16-5-4-9(8-16)7-15-12-3-2-10(13)6-11(12)14/h2-6,8,15H,7H2,1H3. The van der Waals surface area contributed by atoms with E-state index in [2.05, 4.69) is 40.2 Å². The van der Waals surface area contributed by atoms with Crippen LogP contribution in [0.5, 0.6) is 0 Å². The molecule has 0 atom stereocenters. The summed E-state index contributed by atoms with van der Waals surface area (Å²) < 4.78 is 15.8. The molecule has 0 saturated heterocycles. The molecule has 0 bridgehead atoms. The van der Waals surface area contributed by atoms with Crippen LogP contribution >= 0.6 is 22.6 Å². The van der Waals surface area contributed by atoms with Gasteiger partial charge in [-0.1, -0.05) is 0 Å². The fourth-order valence-electron chi connectivity index (χ4n) is 1.50. The molecule has 1 N–H and O–H groups in total. The lowest BCUT2D eigenvalue weighted by Crippen LogP contribution is -2.00. The minimum Gasteiger partial charge on any atom is -0.380 e. The number of aryl methyl sites for hydroxylation is 1. The van der Waals surface area contributed by atoms with E-state index in [1.165, 1.54) is 17.7 Å². The Morgan fingerprint density at radius 2 is 2.19 bits per heavy atom. The van der Waals surface area contributed by atoms with Crippen molar-refractivity contribution in [2.75, 3.05) is 5.32 Å². The number of rotatable bonds is 3. The Balaban J connectivity index is 2.04. The molecule has 16 heavy (non-hydrogen) atoms. The Morgan fingerprint density at radius 1 is 1.38 bits per heavy atom. The first-order valence-corrected chi connectivity index (χ1v) is 6.03. The van der Waals surface area contributed by atoms with Crippen molar-refractivity contribution in [3.05, 3.63) is 51.6 Å². The molecule has 0 amide bonds. The molecule has 1 aromatic carbocycles. The van der Waals surface area contributed by atoms with Crippen molar-refractivity contribution in [3.8, 4) is 0 Å². The molecule has 4 heteroatoms. The molecule has 2 aromatic rings. The smallest absolute Gasteiger partial charge is 0.124 e. The second-order valence-electron chi connectivity index (χ2n) is 3.66. The number of aromatic nitrogens is 1. The third-order valence-electron chi connectivity index (χ3n) is 2.31. The number of anilines is 1. The van der Waals surface area contributed by atoms with Crippen molar-refractivity contribution in [2.45, 2.75) is 6.54 Å². The molecule has 0 aliphatic rings. The van der Waals surface area contributed by atoms with E-state index in [4.69, 9.17) is 0 Å². The minimum atomic E-state index is -0.199. The molecule has 0 fully saturated rings. The number of hydrogen-bond acceptors (Lipinski definition) is 1. The van der Waals surface area contributed by atoms with E-state index in [9.17, 15) is 4.39 Å². The summed E-state index contributed by atoms with van der Waals surface area (Å²) >= 11 is 2.13. The fraction of sp³-hybridized carbons (Fsp3) is 0.167. The summed E-state index contributed by atoms with van der Waals surface area (Å²) in [6.45, 7) is 0.752. The zero-order valence-electron chi connectivity index (χ0n) is 8.87. The zero-order valence-corrected chi connectivity index (χ0v) is 11.0. The molecule has 1 heterocycles. The number of benzene rings is 1. The van der Waals surface area contributed by atoms with Gasteiger partial charge in [0, 0.05) is 35.2 Å². The van der Waals surface area contributed by atoms with Crippen molar-refractivity contribution < 1.29 is 4.39 Å². The highest BCUT2D eigenvalue weighted by Gasteiger charge is 2.01. The highest BCUT2D eigenvalue weighted by atomic mass is 127. The Bertz CT molecular complexity index is 494. The second kappa shape index (κ2) is 4.86. The van der Waals surface area contributed by atoms with Crippen LogP contribution in [0.3, 0.4) is 0 Å². The molecule has 0 aliphatic heterocycles. The molecular formula is C12H12FIN2. The normalized spacial score (nSPS) is 10.4. The van der Waals surface area contributed by atoms with Crippen molar-refractivity contribution in [1.82, 2.24) is 4.57 Å². The zero-order chi connectivity index (χ0) is 11.5.